The van der Waals surface area contributed by atoms with Gasteiger partial charge in [-0.05, 0) is 48.5 Å². The van der Waals surface area contributed by atoms with Crippen LogP contribution in [-0.2, 0) is 4.79 Å². The number of carbonyl (C=O) groups excluding carboxylic acids is 1. The van der Waals surface area contributed by atoms with Crippen LogP contribution in [0.1, 0.15) is 5.76 Å². The lowest BCUT2D eigenvalue weighted by molar-refractivity contribution is -0.123. The first-order valence-electron chi connectivity index (χ1n) is 7.77. The van der Waals surface area contributed by atoms with Gasteiger partial charge in [-0.2, -0.15) is 5.10 Å². The standard InChI is InChI=1S/C19H13Cl3N2O3/c20-12-2-1-3-14(8-12)26-11-19(25)24-23-10-15-5-7-18(27-15)16-6-4-13(21)9-17(16)22/h1-10H,11H2,(H,24,25)/b23-10+. The molecule has 1 amide bonds. The third-order valence-electron chi connectivity index (χ3n) is 3.37. The number of carbonyl (C=O) groups is 1. The number of amides is 1. The van der Waals surface area contributed by atoms with Crippen molar-refractivity contribution in [3.8, 4) is 17.1 Å². The summed E-state index contributed by atoms with van der Waals surface area (Å²) < 4.78 is 11.0. The summed E-state index contributed by atoms with van der Waals surface area (Å²) in [6.45, 7) is -0.193. The van der Waals surface area contributed by atoms with Gasteiger partial charge < -0.3 is 9.15 Å². The average Bonchev–Trinajstić information content (AvgIpc) is 3.08. The monoisotopic (exact) mass is 422 g/mol. The fourth-order valence-electron chi connectivity index (χ4n) is 2.16. The van der Waals surface area contributed by atoms with Crippen LogP contribution in [0.3, 0.4) is 0 Å². The van der Waals surface area contributed by atoms with E-state index in [4.69, 9.17) is 44.0 Å². The Bertz CT molecular complexity index is 986. The van der Waals surface area contributed by atoms with Crippen LogP contribution in [0, 0.1) is 0 Å². The third-order valence-corrected chi connectivity index (χ3v) is 4.15. The molecule has 0 saturated carbocycles. The van der Waals surface area contributed by atoms with Crippen LogP contribution in [0.2, 0.25) is 15.1 Å². The van der Waals surface area contributed by atoms with Crippen molar-refractivity contribution in [1.82, 2.24) is 5.43 Å². The van der Waals surface area contributed by atoms with Gasteiger partial charge in [-0.25, -0.2) is 5.43 Å². The van der Waals surface area contributed by atoms with Gasteiger partial charge in [0.05, 0.1) is 11.2 Å². The largest absolute Gasteiger partial charge is 0.484 e. The van der Waals surface area contributed by atoms with E-state index in [1.165, 1.54) is 6.21 Å². The minimum atomic E-state index is -0.418. The Morgan fingerprint density at radius 1 is 1.07 bits per heavy atom. The number of hydrazone groups is 1. The summed E-state index contributed by atoms with van der Waals surface area (Å²) >= 11 is 17.9. The van der Waals surface area contributed by atoms with Gasteiger partial charge in [0.15, 0.2) is 6.61 Å². The molecule has 0 spiro atoms. The van der Waals surface area contributed by atoms with Gasteiger partial charge in [0.25, 0.3) is 5.91 Å². The first kappa shape index (κ1) is 19.3. The molecule has 138 valence electrons. The molecule has 27 heavy (non-hydrogen) atoms. The van der Waals surface area contributed by atoms with Crippen molar-refractivity contribution < 1.29 is 13.9 Å². The number of furan rings is 1. The van der Waals surface area contributed by atoms with Crippen molar-refractivity contribution in [2.24, 2.45) is 5.10 Å². The molecule has 0 unspecified atom stereocenters. The van der Waals surface area contributed by atoms with Crippen LogP contribution in [0.4, 0.5) is 0 Å². The Morgan fingerprint density at radius 3 is 2.67 bits per heavy atom. The van der Waals surface area contributed by atoms with E-state index in [1.54, 1.807) is 54.6 Å². The summed E-state index contributed by atoms with van der Waals surface area (Å²) in [7, 11) is 0. The third kappa shape index (κ3) is 5.50. The quantitative estimate of drug-likeness (QED) is 0.424. The second-order valence-electron chi connectivity index (χ2n) is 5.37. The van der Waals surface area contributed by atoms with E-state index in [0.29, 0.717) is 37.9 Å². The maximum Gasteiger partial charge on any atom is 0.277 e. The number of halogens is 3. The van der Waals surface area contributed by atoms with Crippen LogP contribution in [0.5, 0.6) is 5.75 Å². The van der Waals surface area contributed by atoms with Crippen LogP contribution < -0.4 is 10.2 Å². The van der Waals surface area contributed by atoms with Crippen LogP contribution >= 0.6 is 34.8 Å². The van der Waals surface area contributed by atoms with E-state index in [1.807, 2.05) is 0 Å². The number of benzene rings is 2. The average molecular weight is 424 g/mol. The second kappa shape index (κ2) is 8.95. The van der Waals surface area contributed by atoms with Crippen LogP contribution in [-0.4, -0.2) is 18.7 Å². The Kier molecular flexibility index (Phi) is 6.40. The predicted octanol–water partition coefficient (Wildman–Crippen LogP) is 5.44. The van der Waals surface area contributed by atoms with Gasteiger partial charge in [-0.3, -0.25) is 4.79 Å². The second-order valence-corrected chi connectivity index (χ2v) is 6.65. The molecule has 0 aliphatic carbocycles. The van der Waals surface area contributed by atoms with E-state index < -0.39 is 5.91 Å². The number of hydrogen-bond donors (Lipinski definition) is 1. The molecule has 0 aliphatic rings. The van der Waals surface area contributed by atoms with Gasteiger partial charge in [0, 0.05) is 15.6 Å². The smallest absolute Gasteiger partial charge is 0.277 e. The molecule has 0 fully saturated rings. The van der Waals surface area contributed by atoms with E-state index in [2.05, 4.69) is 10.5 Å². The van der Waals surface area contributed by atoms with E-state index >= 15 is 0 Å². The minimum absolute atomic E-state index is 0.193. The maximum atomic E-state index is 11.8. The number of nitrogens with zero attached hydrogens (tertiary/aromatic N) is 1. The summed E-state index contributed by atoms with van der Waals surface area (Å²) in [4.78, 5) is 11.8. The summed E-state index contributed by atoms with van der Waals surface area (Å²) in [6, 6.07) is 15.3. The van der Waals surface area contributed by atoms with E-state index in [-0.39, 0.29) is 6.61 Å². The molecule has 0 bridgehead atoms. The summed E-state index contributed by atoms with van der Waals surface area (Å²) in [5, 5.41) is 5.38. The lowest BCUT2D eigenvalue weighted by Gasteiger charge is -2.04. The van der Waals surface area contributed by atoms with Crippen molar-refractivity contribution in [2.45, 2.75) is 0 Å². The van der Waals surface area contributed by atoms with Gasteiger partial charge >= 0.3 is 0 Å². The Labute approximate surface area is 170 Å². The summed E-state index contributed by atoms with van der Waals surface area (Å²) in [6.07, 6.45) is 1.38. The molecule has 1 N–H and O–H groups in total. The SMILES string of the molecule is O=C(COc1cccc(Cl)c1)N/N=C/c1ccc(-c2ccc(Cl)cc2Cl)o1. The van der Waals surface area contributed by atoms with Gasteiger partial charge in [0.1, 0.15) is 17.3 Å². The van der Waals surface area contributed by atoms with Crippen molar-refractivity contribution in [2.75, 3.05) is 6.61 Å². The molecule has 0 aliphatic heterocycles. The fraction of sp³-hybridized carbons (Fsp3) is 0.0526. The molecular weight excluding hydrogens is 411 g/mol. The molecule has 3 aromatic rings. The van der Waals surface area contributed by atoms with Gasteiger partial charge in [0.2, 0.25) is 0 Å². The zero-order valence-corrected chi connectivity index (χ0v) is 16.1. The van der Waals surface area contributed by atoms with Crippen molar-refractivity contribution in [3.63, 3.8) is 0 Å². The van der Waals surface area contributed by atoms with Crippen molar-refractivity contribution in [3.05, 3.63) is 75.4 Å². The first-order chi connectivity index (χ1) is 13.0. The van der Waals surface area contributed by atoms with Gasteiger partial charge in [-0.15, -0.1) is 0 Å². The summed E-state index contributed by atoms with van der Waals surface area (Å²) in [5.41, 5.74) is 3.06. The normalized spacial score (nSPS) is 10.9. The van der Waals surface area contributed by atoms with E-state index in [9.17, 15) is 4.79 Å². The molecule has 2 aromatic carbocycles. The highest BCUT2D eigenvalue weighted by atomic mass is 35.5. The van der Waals surface area contributed by atoms with Crippen molar-refractivity contribution >= 4 is 46.9 Å². The summed E-state index contributed by atoms with van der Waals surface area (Å²) in [5.74, 6) is 1.09. The Balaban J connectivity index is 1.54. The Hall–Kier alpha value is -2.47. The molecule has 0 saturated heterocycles. The molecule has 0 radical (unpaired) electrons. The first-order valence-corrected chi connectivity index (χ1v) is 8.90. The molecule has 8 heteroatoms. The minimum Gasteiger partial charge on any atom is -0.484 e. The number of ether oxygens (including phenoxy) is 1. The zero-order valence-electron chi connectivity index (χ0n) is 13.8. The van der Waals surface area contributed by atoms with Crippen molar-refractivity contribution in [1.29, 1.82) is 0 Å². The van der Waals surface area contributed by atoms with Gasteiger partial charge in [-0.1, -0.05) is 40.9 Å². The number of hydrogen-bond acceptors (Lipinski definition) is 4. The fourth-order valence-corrected chi connectivity index (χ4v) is 2.84. The molecular formula is C19H13Cl3N2O3. The molecule has 3 rings (SSSR count). The maximum absolute atomic E-state index is 11.8. The van der Waals surface area contributed by atoms with E-state index in [0.717, 1.165) is 0 Å². The number of rotatable bonds is 6. The highest BCUT2D eigenvalue weighted by Crippen LogP contribution is 2.31. The molecule has 1 heterocycles. The Morgan fingerprint density at radius 2 is 1.89 bits per heavy atom. The highest BCUT2D eigenvalue weighted by molar-refractivity contribution is 6.36. The van der Waals surface area contributed by atoms with Crippen LogP contribution in [0.25, 0.3) is 11.3 Å². The lowest BCUT2D eigenvalue weighted by Crippen LogP contribution is -2.24. The molecule has 1 aromatic heterocycles. The zero-order chi connectivity index (χ0) is 19.2. The highest BCUT2D eigenvalue weighted by Gasteiger charge is 2.08. The number of nitrogens with one attached hydrogen (secondary N) is 1. The molecule has 5 nitrogen and oxygen atoms in total. The topological polar surface area (TPSA) is 63.8 Å². The molecule has 0 atom stereocenters. The van der Waals surface area contributed by atoms with Crippen LogP contribution in [0.15, 0.2) is 64.1 Å². The lowest BCUT2D eigenvalue weighted by atomic mass is 10.2. The predicted molar refractivity (Wildman–Crippen MR) is 107 cm³/mol.